The zero-order valence-electron chi connectivity index (χ0n) is 14.1. The lowest BCUT2D eigenvalue weighted by molar-refractivity contribution is 0.607. The molecule has 1 fully saturated rings. The smallest absolute Gasteiger partial charge is 0.229 e. The first-order valence-corrected chi connectivity index (χ1v) is 11.4. The maximum atomic E-state index is 11.3. The van der Waals surface area contributed by atoms with E-state index in [1.54, 1.807) is 23.5 Å². The van der Waals surface area contributed by atoms with Crippen LogP contribution in [0.3, 0.4) is 0 Å². The van der Waals surface area contributed by atoms with Crippen LogP contribution in [0.4, 0.5) is 5.69 Å². The van der Waals surface area contributed by atoms with E-state index in [-0.39, 0.29) is 0 Å². The van der Waals surface area contributed by atoms with Crippen LogP contribution >= 0.6 is 22.9 Å². The van der Waals surface area contributed by atoms with Gasteiger partial charge in [-0.1, -0.05) is 11.6 Å². The van der Waals surface area contributed by atoms with Gasteiger partial charge in [0.15, 0.2) is 0 Å². The average Bonchev–Trinajstić information content (AvgIpc) is 3.31. The summed E-state index contributed by atoms with van der Waals surface area (Å²) in [4.78, 5) is 5.51. The second kappa shape index (κ2) is 6.68. The molecule has 1 saturated carbocycles. The van der Waals surface area contributed by atoms with Gasteiger partial charge in [-0.15, -0.1) is 11.3 Å². The molecule has 0 amide bonds. The van der Waals surface area contributed by atoms with Crippen molar-refractivity contribution >= 4 is 38.6 Å². The molecule has 0 radical (unpaired) electrons. The van der Waals surface area contributed by atoms with Crippen molar-refractivity contribution in [3.8, 4) is 21.6 Å². The molecule has 2 heterocycles. The van der Waals surface area contributed by atoms with Crippen LogP contribution in [-0.2, 0) is 10.0 Å². The summed E-state index contributed by atoms with van der Waals surface area (Å²) in [5.74, 6) is 0.623. The summed E-state index contributed by atoms with van der Waals surface area (Å²) in [5, 5.41) is 2.63. The van der Waals surface area contributed by atoms with Gasteiger partial charge in [0.05, 0.1) is 11.3 Å². The van der Waals surface area contributed by atoms with Gasteiger partial charge in [-0.25, -0.2) is 8.42 Å². The summed E-state index contributed by atoms with van der Waals surface area (Å²) >= 11 is 8.00. The number of benzene rings is 1. The number of anilines is 1. The Morgan fingerprint density at radius 2 is 1.96 bits per heavy atom. The van der Waals surface area contributed by atoms with Gasteiger partial charge in [0, 0.05) is 33.9 Å². The number of thiophene rings is 1. The van der Waals surface area contributed by atoms with Gasteiger partial charge in [-0.3, -0.25) is 9.71 Å². The Balaban J connectivity index is 1.62. The van der Waals surface area contributed by atoms with Gasteiger partial charge in [0.2, 0.25) is 10.0 Å². The van der Waals surface area contributed by atoms with Crippen LogP contribution in [0, 0.1) is 0 Å². The molecule has 1 aliphatic carbocycles. The van der Waals surface area contributed by atoms with Crippen LogP contribution in [0.2, 0.25) is 5.02 Å². The molecule has 4 nitrogen and oxygen atoms in total. The number of sulfonamides is 1. The van der Waals surface area contributed by atoms with Crippen molar-refractivity contribution in [1.29, 1.82) is 0 Å². The Morgan fingerprint density at radius 3 is 2.65 bits per heavy atom. The van der Waals surface area contributed by atoms with E-state index in [4.69, 9.17) is 11.6 Å². The first-order valence-electron chi connectivity index (χ1n) is 8.21. The fraction of sp³-hybridized carbons (Fsp3) is 0.211. The van der Waals surface area contributed by atoms with E-state index in [2.05, 4.69) is 27.2 Å². The molecule has 134 valence electrons. The molecule has 0 unspecified atom stereocenters. The van der Waals surface area contributed by atoms with Crippen LogP contribution < -0.4 is 4.72 Å². The highest BCUT2D eigenvalue weighted by Gasteiger charge is 2.25. The molecule has 1 N–H and O–H groups in total. The molecular weight excluding hydrogens is 388 g/mol. The fourth-order valence-corrected chi connectivity index (χ4v) is 4.70. The molecule has 0 aliphatic heterocycles. The second-order valence-corrected chi connectivity index (χ2v) is 9.58. The zero-order valence-corrected chi connectivity index (χ0v) is 16.5. The number of nitrogens with zero attached hydrogens (tertiary/aromatic N) is 1. The van der Waals surface area contributed by atoms with Crippen molar-refractivity contribution < 1.29 is 8.42 Å². The minimum absolute atomic E-state index is 0.459. The molecular formula is C19H17ClN2O2S2. The molecule has 4 rings (SSSR count). The lowest BCUT2D eigenvalue weighted by atomic mass is 10.1. The van der Waals surface area contributed by atoms with E-state index in [0.29, 0.717) is 16.6 Å². The van der Waals surface area contributed by atoms with Crippen molar-refractivity contribution in [2.45, 2.75) is 18.8 Å². The fourth-order valence-electron chi connectivity index (χ4n) is 2.85. The first kappa shape index (κ1) is 17.5. The predicted octanol–water partition coefficient (Wildman–Crippen LogP) is 5.38. The Bertz CT molecular complexity index is 1070. The highest BCUT2D eigenvalue weighted by Crippen LogP contribution is 2.41. The first-order chi connectivity index (χ1) is 12.4. The number of halogens is 1. The van der Waals surface area contributed by atoms with E-state index < -0.39 is 10.0 Å². The Kier molecular flexibility index (Phi) is 4.50. The highest BCUT2D eigenvalue weighted by molar-refractivity contribution is 7.92. The van der Waals surface area contributed by atoms with E-state index >= 15 is 0 Å². The number of hydrogen-bond donors (Lipinski definition) is 1. The molecule has 0 saturated heterocycles. The van der Waals surface area contributed by atoms with Gasteiger partial charge < -0.3 is 0 Å². The average molecular weight is 405 g/mol. The van der Waals surface area contributed by atoms with Crippen molar-refractivity contribution in [2.75, 3.05) is 11.0 Å². The van der Waals surface area contributed by atoms with Crippen LogP contribution in [-0.4, -0.2) is 19.7 Å². The molecule has 0 spiro atoms. The Labute approximate surface area is 161 Å². The second-order valence-electron chi connectivity index (χ2n) is 6.51. The quantitative estimate of drug-likeness (QED) is 0.621. The van der Waals surface area contributed by atoms with Crippen LogP contribution in [0.5, 0.6) is 0 Å². The van der Waals surface area contributed by atoms with Gasteiger partial charge >= 0.3 is 0 Å². The summed E-state index contributed by atoms with van der Waals surface area (Å²) in [6.07, 6.45) is 5.45. The van der Waals surface area contributed by atoms with Crippen molar-refractivity contribution in [3.63, 3.8) is 0 Å². The number of pyridine rings is 1. The molecule has 0 atom stereocenters. The molecule has 0 bridgehead atoms. The van der Waals surface area contributed by atoms with E-state index in [0.717, 1.165) is 27.8 Å². The largest absolute Gasteiger partial charge is 0.284 e. The summed E-state index contributed by atoms with van der Waals surface area (Å²) in [6.45, 7) is 0. The SMILES string of the molecule is CS(=O)(=O)Nc1ccc(-c2cc(-c3ccnc(C4CC4)c3)cs2)c(Cl)c1. The number of rotatable bonds is 5. The Hall–Kier alpha value is -1.89. The predicted molar refractivity (Wildman–Crippen MR) is 108 cm³/mol. The van der Waals surface area contributed by atoms with E-state index in [9.17, 15) is 8.42 Å². The summed E-state index contributed by atoms with van der Waals surface area (Å²) in [7, 11) is -3.32. The van der Waals surface area contributed by atoms with Gasteiger partial charge in [0.1, 0.15) is 0 Å². The third-order valence-electron chi connectivity index (χ3n) is 4.25. The maximum Gasteiger partial charge on any atom is 0.229 e. The van der Waals surface area contributed by atoms with Crippen LogP contribution in [0.25, 0.3) is 21.6 Å². The highest BCUT2D eigenvalue weighted by atomic mass is 35.5. The van der Waals surface area contributed by atoms with Crippen molar-refractivity contribution in [1.82, 2.24) is 4.98 Å². The molecule has 7 heteroatoms. The summed E-state index contributed by atoms with van der Waals surface area (Å²) < 4.78 is 25.1. The molecule has 1 aromatic carbocycles. The van der Waals surface area contributed by atoms with Crippen LogP contribution in [0.15, 0.2) is 48.0 Å². The summed E-state index contributed by atoms with van der Waals surface area (Å²) in [6, 6.07) is 11.5. The number of hydrogen-bond acceptors (Lipinski definition) is 4. The summed E-state index contributed by atoms with van der Waals surface area (Å²) in [5.41, 5.74) is 4.82. The Morgan fingerprint density at radius 1 is 1.15 bits per heavy atom. The van der Waals surface area contributed by atoms with Crippen molar-refractivity contribution in [2.24, 2.45) is 0 Å². The lowest BCUT2D eigenvalue weighted by Gasteiger charge is -2.07. The normalized spacial score (nSPS) is 14.4. The lowest BCUT2D eigenvalue weighted by Crippen LogP contribution is -2.09. The van der Waals surface area contributed by atoms with E-state index in [1.807, 2.05) is 18.3 Å². The number of aromatic nitrogens is 1. The van der Waals surface area contributed by atoms with E-state index in [1.165, 1.54) is 18.5 Å². The zero-order chi connectivity index (χ0) is 18.3. The maximum absolute atomic E-state index is 11.3. The van der Waals surface area contributed by atoms with Gasteiger partial charge in [-0.2, -0.15) is 0 Å². The molecule has 2 aromatic heterocycles. The monoisotopic (exact) mass is 404 g/mol. The molecule has 26 heavy (non-hydrogen) atoms. The van der Waals surface area contributed by atoms with Gasteiger partial charge in [-0.05, 0) is 65.7 Å². The third kappa shape index (κ3) is 3.92. The molecule has 1 aliphatic rings. The van der Waals surface area contributed by atoms with Crippen molar-refractivity contribution in [3.05, 3.63) is 58.7 Å². The molecule has 3 aromatic rings. The topological polar surface area (TPSA) is 59.1 Å². The minimum atomic E-state index is -3.32. The number of nitrogens with one attached hydrogen (secondary N) is 1. The van der Waals surface area contributed by atoms with Gasteiger partial charge in [0.25, 0.3) is 0 Å². The van der Waals surface area contributed by atoms with Crippen LogP contribution in [0.1, 0.15) is 24.5 Å². The minimum Gasteiger partial charge on any atom is -0.284 e. The third-order valence-corrected chi connectivity index (χ3v) is 6.13. The standard InChI is InChI=1S/C19H17ClN2O2S2/c1-26(23,24)22-15-4-5-16(17(20)10-15)19-9-14(11-25-19)13-6-7-21-18(8-13)12-2-3-12/h4-12,22H,2-3H2,1H3.